The number of nitrogens with zero attached hydrogens (tertiary/aromatic N) is 3. The van der Waals surface area contributed by atoms with E-state index in [9.17, 15) is 9.59 Å². The number of aromatic amines is 1. The van der Waals surface area contributed by atoms with Gasteiger partial charge in [-0.1, -0.05) is 30.3 Å². The lowest BCUT2D eigenvalue weighted by atomic mass is 10.0. The summed E-state index contributed by atoms with van der Waals surface area (Å²) >= 11 is 0. The summed E-state index contributed by atoms with van der Waals surface area (Å²) in [6, 6.07) is 21.9. The number of hydrogen-bond donors (Lipinski definition) is 2. The number of nitrogens with one attached hydrogen (secondary N) is 2. The van der Waals surface area contributed by atoms with Gasteiger partial charge in [-0.05, 0) is 49.4 Å². The summed E-state index contributed by atoms with van der Waals surface area (Å²) in [6.45, 7) is 1.85. The molecule has 0 bridgehead atoms. The van der Waals surface area contributed by atoms with Crippen LogP contribution in [0.25, 0.3) is 44.8 Å². The molecule has 8 heteroatoms. The van der Waals surface area contributed by atoms with Crippen LogP contribution in [0, 0.1) is 6.92 Å². The normalized spacial score (nSPS) is 11.1. The van der Waals surface area contributed by atoms with Crippen LogP contribution in [0.15, 0.2) is 94.4 Å². The number of pyridine rings is 2. The molecule has 0 saturated carbocycles. The molecule has 2 aromatic carbocycles. The first-order valence-electron chi connectivity index (χ1n) is 11.3. The van der Waals surface area contributed by atoms with Gasteiger partial charge >= 0.3 is 0 Å². The summed E-state index contributed by atoms with van der Waals surface area (Å²) in [6.07, 6.45) is 3.17. The highest BCUT2D eigenvalue weighted by molar-refractivity contribution is 6.04. The summed E-state index contributed by atoms with van der Waals surface area (Å²) in [7, 11) is 0. The number of furan rings is 1. The highest BCUT2D eigenvalue weighted by Crippen LogP contribution is 2.32. The van der Waals surface area contributed by atoms with Gasteiger partial charge in [-0.15, -0.1) is 0 Å². The SMILES string of the molecule is Cc1ccc(-c2nc3[nH]cc(NC(=O)c4ccccc4)c(=O)c3nc2-c2ccc3ncccc3c2)o1. The van der Waals surface area contributed by atoms with Gasteiger partial charge in [-0.2, -0.15) is 0 Å². The molecule has 4 heterocycles. The number of anilines is 1. The number of fused-ring (bicyclic) bond motifs is 2. The zero-order chi connectivity index (χ0) is 24.6. The van der Waals surface area contributed by atoms with Gasteiger partial charge in [0.15, 0.2) is 16.9 Å². The van der Waals surface area contributed by atoms with Crippen LogP contribution in [0.3, 0.4) is 0 Å². The lowest BCUT2D eigenvalue weighted by molar-refractivity contribution is 0.102. The standard InChI is InChI=1S/C28H19N5O3/c1-16-9-12-22(36-16)24-23(19-10-11-20-18(14-19)8-5-13-29-20)32-25-26(34)21(15-30-27(25)33-24)31-28(35)17-6-3-2-4-7-17/h2-15H,1H3,(H,31,35)(H,30,33,34). The third-order valence-corrected chi connectivity index (χ3v) is 5.84. The number of aryl methyl sites for hydroxylation is 1. The Bertz CT molecular complexity index is 1820. The summed E-state index contributed by atoms with van der Waals surface area (Å²) < 4.78 is 5.86. The van der Waals surface area contributed by atoms with Gasteiger partial charge in [0, 0.05) is 28.9 Å². The Labute approximate surface area is 204 Å². The number of hydrogen-bond acceptors (Lipinski definition) is 6. The minimum atomic E-state index is -0.439. The van der Waals surface area contributed by atoms with E-state index in [1.54, 1.807) is 30.5 Å². The molecule has 0 spiro atoms. The Kier molecular flexibility index (Phi) is 5.11. The quantitative estimate of drug-likeness (QED) is 0.357. The maximum Gasteiger partial charge on any atom is 0.255 e. The average Bonchev–Trinajstić information content (AvgIpc) is 3.36. The third-order valence-electron chi connectivity index (χ3n) is 5.84. The minimum absolute atomic E-state index is 0.0842. The van der Waals surface area contributed by atoms with E-state index in [-0.39, 0.29) is 16.9 Å². The first kappa shape index (κ1) is 21.4. The molecule has 4 aromatic heterocycles. The van der Waals surface area contributed by atoms with Crippen LogP contribution in [-0.2, 0) is 0 Å². The minimum Gasteiger partial charge on any atom is -0.460 e. The smallest absolute Gasteiger partial charge is 0.255 e. The highest BCUT2D eigenvalue weighted by atomic mass is 16.3. The van der Waals surface area contributed by atoms with E-state index < -0.39 is 11.3 Å². The van der Waals surface area contributed by atoms with Gasteiger partial charge in [0.1, 0.15) is 22.8 Å². The van der Waals surface area contributed by atoms with Crippen molar-refractivity contribution >= 4 is 33.7 Å². The van der Waals surface area contributed by atoms with Crippen molar-refractivity contribution in [3.63, 3.8) is 0 Å². The Hall–Kier alpha value is -5.11. The molecule has 2 N–H and O–H groups in total. The van der Waals surface area contributed by atoms with Crippen molar-refractivity contribution in [3.05, 3.63) is 107 Å². The maximum atomic E-state index is 13.4. The van der Waals surface area contributed by atoms with Crippen molar-refractivity contribution in [2.75, 3.05) is 5.32 Å². The number of carbonyl (C=O) groups excluding carboxylic acids is 1. The van der Waals surface area contributed by atoms with Gasteiger partial charge < -0.3 is 14.7 Å². The molecule has 0 saturated heterocycles. The summed E-state index contributed by atoms with van der Waals surface area (Å²) in [5.41, 5.74) is 3.06. The fourth-order valence-electron chi connectivity index (χ4n) is 4.06. The number of carbonyl (C=O) groups is 1. The van der Waals surface area contributed by atoms with E-state index >= 15 is 0 Å². The lowest BCUT2D eigenvalue weighted by Gasteiger charge is -2.10. The Morgan fingerprint density at radius 2 is 1.81 bits per heavy atom. The van der Waals surface area contributed by atoms with Crippen LogP contribution in [0.2, 0.25) is 0 Å². The van der Waals surface area contributed by atoms with Crippen LogP contribution in [-0.4, -0.2) is 25.8 Å². The lowest BCUT2D eigenvalue weighted by Crippen LogP contribution is -2.19. The van der Waals surface area contributed by atoms with E-state index in [1.165, 1.54) is 6.20 Å². The molecule has 36 heavy (non-hydrogen) atoms. The van der Waals surface area contributed by atoms with Crippen LogP contribution in [0.4, 0.5) is 5.69 Å². The first-order valence-corrected chi connectivity index (χ1v) is 11.3. The predicted molar refractivity (Wildman–Crippen MR) is 138 cm³/mol. The second kappa shape index (κ2) is 8.59. The predicted octanol–water partition coefficient (Wildman–Crippen LogP) is 5.35. The van der Waals surface area contributed by atoms with E-state index in [0.717, 1.165) is 22.2 Å². The molecule has 0 aliphatic heterocycles. The average molecular weight is 473 g/mol. The fraction of sp³-hybridized carbons (Fsp3) is 0.0357. The van der Waals surface area contributed by atoms with Crippen LogP contribution in [0.5, 0.6) is 0 Å². The monoisotopic (exact) mass is 473 g/mol. The molecule has 174 valence electrons. The van der Waals surface area contributed by atoms with Gasteiger partial charge in [0.25, 0.3) is 5.91 Å². The van der Waals surface area contributed by atoms with Gasteiger partial charge in [0.05, 0.1) is 5.52 Å². The second-order valence-corrected chi connectivity index (χ2v) is 8.29. The van der Waals surface area contributed by atoms with Crippen molar-refractivity contribution in [3.8, 4) is 22.7 Å². The fourth-order valence-corrected chi connectivity index (χ4v) is 4.06. The van der Waals surface area contributed by atoms with Crippen LogP contribution < -0.4 is 10.7 Å². The van der Waals surface area contributed by atoms with Crippen molar-refractivity contribution < 1.29 is 9.21 Å². The van der Waals surface area contributed by atoms with Crippen molar-refractivity contribution in [1.29, 1.82) is 0 Å². The molecule has 0 radical (unpaired) electrons. The number of H-pyrrole nitrogens is 1. The molecule has 8 nitrogen and oxygen atoms in total. The molecular formula is C28H19N5O3. The largest absolute Gasteiger partial charge is 0.460 e. The molecule has 0 fully saturated rings. The van der Waals surface area contributed by atoms with E-state index in [2.05, 4.69) is 15.3 Å². The maximum absolute atomic E-state index is 13.4. The Balaban J connectivity index is 1.53. The number of aromatic nitrogens is 4. The number of benzene rings is 2. The van der Waals surface area contributed by atoms with Crippen LogP contribution >= 0.6 is 0 Å². The second-order valence-electron chi connectivity index (χ2n) is 8.29. The zero-order valence-corrected chi connectivity index (χ0v) is 19.1. The van der Waals surface area contributed by atoms with Crippen molar-refractivity contribution in [2.24, 2.45) is 0 Å². The molecule has 1 amide bonds. The topological polar surface area (TPSA) is 114 Å². The van der Waals surface area contributed by atoms with Gasteiger partial charge in [0.2, 0.25) is 5.43 Å². The molecule has 6 rings (SSSR count). The Morgan fingerprint density at radius 3 is 2.61 bits per heavy atom. The van der Waals surface area contributed by atoms with E-state index in [1.807, 2.05) is 55.5 Å². The molecule has 6 aromatic rings. The highest BCUT2D eigenvalue weighted by Gasteiger charge is 2.19. The third kappa shape index (κ3) is 3.80. The van der Waals surface area contributed by atoms with E-state index in [0.29, 0.717) is 22.7 Å². The zero-order valence-electron chi connectivity index (χ0n) is 19.1. The summed E-state index contributed by atoms with van der Waals surface area (Å²) in [4.78, 5) is 42.8. The molecular weight excluding hydrogens is 454 g/mol. The number of rotatable bonds is 4. The van der Waals surface area contributed by atoms with Crippen molar-refractivity contribution in [2.45, 2.75) is 6.92 Å². The summed E-state index contributed by atoms with van der Waals surface area (Å²) in [5.74, 6) is 0.872. The molecule has 0 unspecified atom stereocenters. The van der Waals surface area contributed by atoms with Gasteiger partial charge in [-0.25, -0.2) is 9.97 Å². The molecule has 0 aliphatic rings. The number of amides is 1. The van der Waals surface area contributed by atoms with Crippen LogP contribution in [0.1, 0.15) is 16.1 Å². The molecule has 0 aliphatic carbocycles. The molecule has 0 atom stereocenters. The Morgan fingerprint density at radius 1 is 0.944 bits per heavy atom. The first-order chi connectivity index (χ1) is 17.6. The van der Waals surface area contributed by atoms with Crippen molar-refractivity contribution in [1.82, 2.24) is 19.9 Å². The van der Waals surface area contributed by atoms with Gasteiger partial charge in [-0.3, -0.25) is 14.6 Å². The summed E-state index contributed by atoms with van der Waals surface area (Å²) in [5, 5.41) is 3.60. The van der Waals surface area contributed by atoms with E-state index in [4.69, 9.17) is 14.4 Å².